The van der Waals surface area contributed by atoms with Crippen LogP contribution in [0.1, 0.15) is 6.92 Å². The highest BCUT2D eigenvalue weighted by molar-refractivity contribution is 5.78. The van der Waals surface area contributed by atoms with Gasteiger partial charge in [-0.1, -0.05) is 0 Å². The lowest BCUT2D eigenvalue weighted by molar-refractivity contribution is -0.123. The molecular formula is C9H9F2NO2. The van der Waals surface area contributed by atoms with E-state index in [4.69, 9.17) is 10.5 Å². The Morgan fingerprint density at radius 1 is 1.43 bits per heavy atom. The van der Waals surface area contributed by atoms with Gasteiger partial charge in [-0.05, 0) is 19.1 Å². The van der Waals surface area contributed by atoms with Crippen LogP contribution in [0.5, 0.6) is 5.75 Å². The molecule has 1 amide bonds. The number of primary amides is 1. The minimum Gasteiger partial charge on any atom is -0.481 e. The first-order valence-electron chi connectivity index (χ1n) is 3.91. The third-order valence-electron chi connectivity index (χ3n) is 1.60. The summed E-state index contributed by atoms with van der Waals surface area (Å²) in [5, 5.41) is 0. The van der Waals surface area contributed by atoms with Crippen molar-refractivity contribution < 1.29 is 18.3 Å². The van der Waals surface area contributed by atoms with E-state index in [1.165, 1.54) is 13.0 Å². The highest BCUT2D eigenvalue weighted by Crippen LogP contribution is 2.16. The minimum atomic E-state index is -1.03. The number of hydrogen-bond donors (Lipinski definition) is 1. The molecule has 1 aromatic rings. The van der Waals surface area contributed by atoms with Gasteiger partial charge in [-0.25, -0.2) is 8.78 Å². The monoisotopic (exact) mass is 201 g/mol. The Bertz CT molecular complexity index is 355. The zero-order valence-electron chi connectivity index (χ0n) is 7.46. The Hall–Kier alpha value is -1.65. The van der Waals surface area contributed by atoms with E-state index < -0.39 is 23.6 Å². The van der Waals surface area contributed by atoms with Crippen molar-refractivity contribution in [3.05, 3.63) is 29.8 Å². The second-order valence-electron chi connectivity index (χ2n) is 2.74. The third kappa shape index (κ3) is 2.42. The normalized spacial score (nSPS) is 12.2. The molecule has 2 N–H and O–H groups in total. The van der Waals surface area contributed by atoms with Gasteiger partial charge < -0.3 is 10.5 Å². The van der Waals surface area contributed by atoms with Crippen molar-refractivity contribution in [2.45, 2.75) is 13.0 Å². The van der Waals surface area contributed by atoms with Gasteiger partial charge in [-0.2, -0.15) is 0 Å². The van der Waals surface area contributed by atoms with E-state index in [0.29, 0.717) is 0 Å². The first-order chi connectivity index (χ1) is 6.50. The largest absolute Gasteiger partial charge is 0.481 e. The molecule has 0 saturated heterocycles. The summed E-state index contributed by atoms with van der Waals surface area (Å²) in [6.45, 7) is 1.42. The highest BCUT2D eigenvalue weighted by Gasteiger charge is 2.11. The maximum Gasteiger partial charge on any atom is 0.258 e. The maximum atomic E-state index is 12.7. The van der Waals surface area contributed by atoms with Crippen molar-refractivity contribution in [3.8, 4) is 5.75 Å². The summed E-state index contributed by atoms with van der Waals surface area (Å²) in [4.78, 5) is 10.6. The molecule has 0 saturated carbocycles. The molecule has 0 radical (unpaired) electrons. The third-order valence-corrected chi connectivity index (χ3v) is 1.60. The number of hydrogen-bond acceptors (Lipinski definition) is 2. The van der Waals surface area contributed by atoms with Crippen LogP contribution in [0.4, 0.5) is 8.78 Å². The second-order valence-corrected chi connectivity index (χ2v) is 2.74. The molecule has 0 aliphatic carbocycles. The average molecular weight is 201 g/mol. The van der Waals surface area contributed by atoms with Crippen LogP contribution in [0.15, 0.2) is 18.2 Å². The van der Waals surface area contributed by atoms with Crippen LogP contribution in [0.25, 0.3) is 0 Å². The first kappa shape index (κ1) is 10.4. The fourth-order valence-electron chi connectivity index (χ4n) is 0.812. The molecule has 1 unspecified atom stereocenters. The van der Waals surface area contributed by atoms with Crippen LogP contribution >= 0.6 is 0 Å². The van der Waals surface area contributed by atoms with Crippen molar-refractivity contribution in [2.75, 3.05) is 0 Å². The van der Waals surface area contributed by atoms with Crippen LogP contribution in [0.2, 0.25) is 0 Å². The number of carbonyl (C=O) groups is 1. The van der Waals surface area contributed by atoms with E-state index in [2.05, 4.69) is 0 Å². The molecule has 76 valence electrons. The summed E-state index contributed by atoms with van der Waals surface area (Å²) < 4.78 is 30.1. The molecule has 1 atom stereocenters. The number of rotatable bonds is 3. The summed E-state index contributed by atoms with van der Waals surface area (Å²) in [5.41, 5.74) is 4.92. The van der Waals surface area contributed by atoms with E-state index in [9.17, 15) is 13.6 Å². The zero-order valence-corrected chi connectivity index (χ0v) is 7.46. The molecular weight excluding hydrogens is 192 g/mol. The Morgan fingerprint density at radius 2 is 2.07 bits per heavy atom. The predicted molar refractivity (Wildman–Crippen MR) is 45.6 cm³/mol. The number of benzene rings is 1. The maximum absolute atomic E-state index is 12.7. The molecule has 0 aromatic heterocycles. The number of amides is 1. The van der Waals surface area contributed by atoms with Crippen LogP contribution in [0, 0.1) is 11.6 Å². The summed E-state index contributed by atoms with van der Waals surface area (Å²) in [7, 11) is 0. The standard InChI is InChI=1S/C9H9F2NO2/c1-5(9(12)13)14-6-2-3-7(10)8(11)4-6/h2-5H,1H3,(H2,12,13). The van der Waals surface area contributed by atoms with Gasteiger partial charge in [-0.15, -0.1) is 0 Å². The highest BCUT2D eigenvalue weighted by atomic mass is 19.2. The van der Waals surface area contributed by atoms with E-state index >= 15 is 0 Å². The van der Waals surface area contributed by atoms with Gasteiger partial charge in [-0.3, -0.25) is 4.79 Å². The van der Waals surface area contributed by atoms with Gasteiger partial charge in [0.15, 0.2) is 17.7 Å². The topological polar surface area (TPSA) is 52.3 Å². The molecule has 14 heavy (non-hydrogen) atoms. The van der Waals surface area contributed by atoms with Crippen molar-refractivity contribution >= 4 is 5.91 Å². The Kier molecular flexibility index (Phi) is 3.01. The summed E-state index contributed by atoms with van der Waals surface area (Å²) in [5.74, 6) is -2.60. The molecule has 0 aliphatic heterocycles. The molecule has 5 heteroatoms. The predicted octanol–water partition coefficient (Wildman–Crippen LogP) is 1.22. The quantitative estimate of drug-likeness (QED) is 0.799. The first-order valence-corrected chi connectivity index (χ1v) is 3.91. The number of carbonyl (C=O) groups excluding carboxylic acids is 1. The van der Waals surface area contributed by atoms with E-state index in [1.807, 2.05) is 0 Å². The van der Waals surface area contributed by atoms with Crippen molar-refractivity contribution in [1.29, 1.82) is 0 Å². The van der Waals surface area contributed by atoms with Crippen molar-refractivity contribution in [3.63, 3.8) is 0 Å². The fourth-order valence-corrected chi connectivity index (χ4v) is 0.812. The van der Waals surface area contributed by atoms with E-state index in [-0.39, 0.29) is 5.75 Å². The van der Waals surface area contributed by atoms with Gasteiger partial charge in [0, 0.05) is 6.07 Å². The van der Waals surface area contributed by atoms with E-state index in [1.54, 1.807) is 0 Å². The lowest BCUT2D eigenvalue weighted by atomic mass is 10.3. The van der Waals surface area contributed by atoms with Gasteiger partial charge in [0.1, 0.15) is 5.75 Å². The molecule has 3 nitrogen and oxygen atoms in total. The molecule has 1 aromatic carbocycles. The lowest BCUT2D eigenvalue weighted by Crippen LogP contribution is -2.30. The van der Waals surface area contributed by atoms with Gasteiger partial charge >= 0.3 is 0 Å². The summed E-state index contributed by atoms with van der Waals surface area (Å²) in [6.07, 6.45) is -0.875. The minimum absolute atomic E-state index is 0.0650. The Morgan fingerprint density at radius 3 is 2.57 bits per heavy atom. The smallest absolute Gasteiger partial charge is 0.258 e. The van der Waals surface area contributed by atoms with E-state index in [0.717, 1.165) is 12.1 Å². The molecule has 0 spiro atoms. The molecule has 0 aliphatic rings. The number of halogens is 2. The summed E-state index contributed by atoms with van der Waals surface area (Å²) >= 11 is 0. The SMILES string of the molecule is CC(Oc1ccc(F)c(F)c1)C(N)=O. The van der Waals surface area contributed by atoms with Gasteiger partial charge in [0.05, 0.1) is 0 Å². The fraction of sp³-hybridized carbons (Fsp3) is 0.222. The number of ether oxygens (including phenoxy) is 1. The van der Waals surface area contributed by atoms with Gasteiger partial charge in [0.2, 0.25) is 0 Å². The molecule has 0 heterocycles. The van der Waals surface area contributed by atoms with Crippen LogP contribution in [-0.2, 0) is 4.79 Å². The Labute approximate surface area is 79.5 Å². The molecule has 1 rings (SSSR count). The molecule has 0 fully saturated rings. The van der Waals surface area contributed by atoms with Crippen LogP contribution in [-0.4, -0.2) is 12.0 Å². The zero-order chi connectivity index (χ0) is 10.7. The number of nitrogens with two attached hydrogens (primary N) is 1. The lowest BCUT2D eigenvalue weighted by Gasteiger charge is -2.10. The average Bonchev–Trinajstić information content (AvgIpc) is 2.11. The van der Waals surface area contributed by atoms with Gasteiger partial charge in [0.25, 0.3) is 5.91 Å². The van der Waals surface area contributed by atoms with Crippen LogP contribution in [0.3, 0.4) is 0 Å². The van der Waals surface area contributed by atoms with Crippen LogP contribution < -0.4 is 10.5 Å². The second kappa shape index (κ2) is 4.04. The van der Waals surface area contributed by atoms with Crippen molar-refractivity contribution in [2.24, 2.45) is 5.73 Å². The van der Waals surface area contributed by atoms with Crippen molar-refractivity contribution in [1.82, 2.24) is 0 Å². The molecule has 0 bridgehead atoms. The Balaban J connectivity index is 2.78. The summed E-state index contributed by atoms with van der Waals surface area (Å²) in [6, 6.07) is 2.99.